The maximum absolute atomic E-state index is 11.1. The molecule has 1 unspecified atom stereocenters. The number of amidine groups is 1. The van der Waals surface area contributed by atoms with E-state index in [0.717, 1.165) is 0 Å². The van der Waals surface area contributed by atoms with E-state index in [-0.39, 0.29) is 18.5 Å². The predicted molar refractivity (Wildman–Crippen MR) is 43.3 cm³/mol. The maximum atomic E-state index is 11.1. The van der Waals surface area contributed by atoms with E-state index in [1.165, 1.54) is 0 Å². The SMILES string of the molecule is N#CCNC(=O)C1CCC(N)=N1. The van der Waals surface area contributed by atoms with Gasteiger partial charge in [-0.3, -0.25) is 9.79 Å². The summed E-state index contributed by atoms with van der Waals surface area (Å²) < 4.78 is 0. The molecule has 1 amide bonds. The lowest BCUT2D eigenvalue weighted by Gasteiger charge is -2.03. The summed E-state index contributed by atoms with van der Waals surface area (Å²) in [4.78, 5) is 15.0. The van der Waals surface area contributed by atoms with Crippen molar-refractivity contribution in [2.45, 2.75) is 18.9 Å². The zero-order valence-corrected chi connectivity index (χ0v) is 6.58. The molecule has 1 rings (SSSR count). The summed E-state index contributed by atoms with van der Waals surface area (Å²) in [7, 11) is 0. The van der Waals surface area contributed by atoms with Crippen LogP contribution in [0.15, 0.2) is 4.99 Å². The first-order valence-electron chi connectivity index (χ1n) is 3.71. The number of nitrogens with two attached hydrogens (primary N) is 1. The number of carbonyl (C=O) groups excluding carboxylic acids is 1. The van der Waals surface area contributed by atoms with E-state index < -0.39 is 0 Å². The first-order chi connectivity index (χ1) is 5.74. The van der Waals surface area contributed by atoms with E-state index in [1.807, 2.05) is 6.07 Å². The Labute approximate surface area is 70.3 Å². The minimum Gasteiger partial charge on any atom is -0.387 e. The van der Waals surface area contributed by atoms with Crippen LogP contribution in [0.3, 0.4) is 0 Å². The van der Waals surface area contributed by atoms with Crippen LogP contribution < -0.4 is 11.1 Å². The Morgan fingerprint density at radius 1 is 1.92 bits per heavy atom. The minimum absolute atomic E-state index is 0.0325. The third-order valence-electron chi connectivity index (χ3n) is 1.64. The van der Waals surface area contributed by atoms with Crippen LogP contribution >= 0.6 is 0 Å². The van der Waals surface area contributed by atoms with E-state index in [9.17, 15) is 4.79 Å². The van der Waals surface area contributed by atoms with Crippen LogP contribution in [0, 0.1) is 11.3 Å². The Kier molecular flexibility index (Phi) is 2.64. The third-order valence-corrected chi connectivity index (χ3v) is 1.64. The van der Waals surface area contributed by atoms with Gasteiger partial charge in [-0.15, -0.1) is 0 Å². The van der Waals surface area contributed by atoms with Crippen LogP contribution in [0.2, 0.25) is 0 Å². The summed E-state index contributed by atoms with van der Waals surface area (Å²) >= 11 is 0. The predicted octanol–water partition coefficient (Wildman–Crippen LogP) is -0.854. The molecule has 0 bridgehead atoms. The van der Waals surface area contributed by atoms with Gasteiger partial charge in [0.1, 0.15) is 12.6 Å². The van der Waals surface area contributed by atoms with Crippen LogP contribution in [-0.2, 0) is 4.79 Å². The number of aliphatic imine (C=N–C) groups is 1. The monoisotopic (exact) mass is 166 g/mol. The summed E-state index contributed by atoms with van der Waals surface area (Å²) in [5.74, 6) is 0.309. The maximum Gasteiger partial charge on any atom is 0.245 e. The quantitative estimate of drug-likeness (QED) is 0.523. The number of nitrogens with one attached hydrogen (secondary N) is 1. The molecular formula is C7H10N4O. The van der Waals surface area contributed by atoms with Crippen LogP contribution in [0.5, 0.6) is 0 Å². The molecule has 1 heterocycles. The Morgan fingerprint density at radius 3 is 3.17 bits per heavy atom. The summed E-state index contributed by atoms with van der Waals surface area (Å²) in [5, 5.41) is 10.6. The topological polar surface area (TPSA) is 91.3 Å². The third kappa shape index (κ3) is 1.95. The fourth-order valence-electron chi connectivity index (χ4n) is 1.05. The average Bonchev–Trinajstić information content (AvgIpc) is 2.47. The molecule has 0 fully saturated rings. The Morgan fingerprint density at radius 2 is 2.67 bits per heavy atom. The van der Waals surface area contributed by atoms with E-state index >= 15 is 0 Å². The molecule has 0 radical (unpaired) electrons. The summed E-state index contributed by atoms with van der Waals surface area (Å²) in [6.07, 6.45) is 1.33. The minimum atomic E-state index is -0.377. The molecular weight excluding hydrogens is 156 g/mol. The van der Waals surface area contributed by atoms with Crippen LogP contribution in [0.4, 0.5) is 0 Å². The molecule has 0 aromatic carbocycles. The molecule has 0 aliphatic carbocycles. The largest absolute Gasteiger partial charge is 0.387 e. The van der Waals surface area contributed by atoms with E-state index in [4.69, 9.17) is 11.0 Å². The summed E-state index contributed by atoms with van der Waals surface area (Å²) in [6, 6.07) is 1.45. The second kappa shape index (κ2) is 3.72. The number of amides is 1. The normalized spacial score (nSPS) is 21.2. The van der Waals surface area contributed by atoms with Gasteiger partial charge < -0.3 is 11.1 Å². The first kappa shape index (κ1) is 8.53. The smallest absolute Gasteiger partial charge is 0.245 e. The molecule has 0 aromatic rings. The van der Waals surface area contributed by atoms with Gasteiger partial charge in [-0.25, -0.2) is 0 Å². The highest BCUT2D eigenvalue weighted by atomic mass is 16.2. The highest BCUT2D eigenvalue weighted by Gasteiger charge is 2.22. The molecule has 12 heavy (non-hydrogen) atoms. The molecule has 0 aromatic heterocycles. The number of rotatable bonds is 2. The van der Waals surface area contributed by atoms with Crippen molar-refractivity contribution in [1.82, 2.24) is 5.32 Å². The van der Waals surface area contributed by atoms with E-state index in [0.29, 0.717) is 18.7 Å². The molecule has 1 aliphatic heterocycles. The lowest BCUT2D eigenvalue weighted by Crippen LogP contribution is -2.32. The Bertz CT molecular complexity index is 253. The summed E-state index contributed by atoms with van der Waals surface area (Å²) in [6.45, 7) is 0.0325. The molecule has 1 aliphatic rings. The van der Waals surface area contributed by atoms with E-state index in [1.54, 1.807) is 0 Å². The highest BCUT2D eigenvalue weighted by molar-refractivity contribution is 5.90. The molecule has 0 saturated carbocycles. The van der Waals surface area contributed by atoms with Crippen molar-refractivity contribution < 1.29 is 4.79 Å². The molecule has 3 N–H and O–H groups in total. The van der Waals surface area contributed by atoms with Crippen molar-refractivity contribution in [2.75, 3.05) is 6.54 Å². The number of nitriles is 1. The van der Waals surface area contributed by atoms with E-state index in [2.05, 4.69) is 10.3 Å². The van der Waals surface area contributed by atoms with Crippen molar-refractivity contribution >= 4 is 11.7 Å². The Hall–Kier alpha value is -1.57. The first-order valence-corrected chi connectivity index (χ1v) is 3.71. The zero-order valence-electron chi connectivity index (χ0n) is 6.58. The van der Waals surface area contributed by atoms with Crippen LogP contribution in [0.1, 0.15) is 12.8 Å². The van der Waals surface area contributed by atoms with Gasteiger partial charge in [0, 0.05) is 6.42 Å². The number of hydrogen-bond acceptors (Lipinski definition) is 4. The number of hydrogen-bond donors (Lipinski definition) is 2. The molecule has 5 nitrogen and oxygen atoms in total. The van der Waals surface area contributed by atoms with Crippen LogP contribution in [-0.4, -0.2) is 24.3 Å². The van der Waals surface area contributed by atoms with Crippen LogP contribution in [0.25, 0.3) is 0 Å². The Balaban J connectivity index is 2.39. The lowest BCUT2D eigenvalue weighted by atomic mass is 10.2. The standard InChI is InChI=1S/C7H10N4O/c8-3-4-10-7(12)5-1-2-6(9)11-5/h5H,1-2,4H2,(H2,9,11)(H,10,12). The molecule has 0 saturated heterocycles. The van der Waals surface area contributed by atoms with Gasteiger partial charge >= 0.3 is 0 Å². The van der Waals surface area contributed by atoms with Gasteiger partial charge in [-0.2, -0.15) is 5.26 Å². The number of carbonyl (C=O) groups is 1. The van der Waals surface area contributed by atoms with Gasteiger partial charge in [0.05, 0.1) is 11.9 Å². The second-order valence-corrected chi connectivity index (χ2v) is 2.55. The summed E-state index contributed by atoms with van der Waals surface area (Å²) in [5.41, 5.74) is 5.40. The molecule has 1 atom stereocenters. The second-order valence-electron chi connectivity index (χ2n) is 2.55. The van der Waals surface area contributed by atoms with Gasteiger partial charge in [-0.1, -0.05) is 0 Å². The van der Waals surface area contributed by atoms with Crippen molar-refractivity contribution in [3.05, 3.63) is 0 Å². The average molecular weight is 166 g/mol. The fourth-order valence-corrected chi connectivity index (χ4v) is 1.05. The van der Waals surface area contributed by atoms with Gasteiger partial charge in [0.15, 0.2) is 0 Å². The molecule has 64 valence electrons. The van der Waals surface area contributed by atoms with Crippen molar-refractivity contribution in [2.24, 2.45) is 10.7 Å². The lowest BCUT2D eigenvalue weighted by molar-refractivity contribution is -0.121. The number of nitrogens with zero attached hydrogens (tertiary/aromatic N) is 2. The fraction of sp³-hybridized carbons (Fsp3) is 0.571. The molecule has 5 heteroatoms. The zero-order chi connectivity index (χ0) is 8.97. The van der Waals surface area contributed by atoms with Gasteiger partial charge in [-0.05, 0) is 6.42 Å². The van der Waals surface area contributed by atoms with Gasteiger partial charge in [0.25, 0.3) is 0 Å². The van der Waals surface area contributed by atoms with Gasteiger partial charge in [0.2, 0.25) is 5.91 Å². The van der Waals surface area contributed by atoms with Crippen molar-refractivity contribution in [3.8, 4) is 6.07 Å². The highest BCUT2D eigenvalue weighted by Crippen LogP contribution is 2.10. The van der Waals surface area contributed by atoms with Crippen molar-refractivity contribution in [3.63, 3.8) is 0 Å². The van der Waals surface area contributed by atoms with Crippen molar-refractivity contribution in [1.29, 1.82) is 5.26 Å². The molecule has 0 spiro atoms.